The molecule has 0 saturated carbocycles. The fraction of sp³-hybridized carbons (Fsp3) is 0.316. The largest absolute Gasteiger partial charge is 0.441 e. The molecule has 2 aliphatic rings. The molecule has 22 nitrogen and oxygen atoms in total. The highest BCUT2D eigenvalue weighted by atomic mass is 31.2. The van der Waals surface area contributed by atoms with Crippen molar-refractivity contribution in [2.45, 2.75) is 18.3 Å². The van der Waals surface area contributed by atoms with E-state index in [9.17, 15) is 24.2 Å². The number of carbonyl (C=O) groups is 2. The number of halogens is 2. The molecule has 2 aromatic carbocycles. The summed E-state index contributed by atoms with van der Waals surface area (Å²) in [6.45, 7) is -1.34. The lowest BCUT2D eigenvalue weighted by Crippen LogP contribution is -2.28. The van der Waals surface area contributed by atoms with Gasteiger partial charge in [0.15, 0.2) is 0 Å². The summed E-state index contributed by atoms with van der Waals surface area (Å²) in [7, 11) is -1.13. The number of aryl methyl sites for hydroxylation is 2. The Morgan fingerprint density at radius 1 is 0.746 bits per heavy atom. The summed E-state index contributed by atoms with van der Waals surface area (Å²) in [6, 6.07) is 15.1. The van der Waals surface area contributed by atoms with Crippen molar-refractivity contribution < 1.29 is 56.4 Å². The number of ether oxygens (including phenoxy) is 4. The van der Waals surface area contributed by atoms with E-state index in [-0.39, 0.29) is 55.4 Å². The van der Waals surface area contributed by atoms with E-state index < -0.39 is 62.7 Å². The summed E-state index contributed by atoms with van der Waals surface area (Å²) in [5.74, 6) is -0.564. The zero-order valence-corrected chi connectivity index (χ0v) is 34.2. The van der Waals surface area contributed by atoms with Crippen LogP contribution in [0.15, 0.2) is 73.1 Å². The van der Waals surface area contributed by atoms with Crippen molar-refractivity contribution in [3.8, 4) is 45.3 Å². The van der Waals surface area contributed by atoms with Crippen LogP contribution in [0.5, 0.6) is 0 Å². The molecule has 6 aromatic rings. The molecule has 0 aliphatic carbocycles. The van der Waals surface area contributed by atoms with Gasteiger partial charge in [-0.15, -0.1) is 20.4 Å². The van der Waals surface area contributed by atoms with Gasteiger partial charge in [0.2, 0.25) is 11.6 Å². The Morgan fingerprint density at radius 2 is 1.24 bits per heavy atom. The van der Waals surface area contributed by atoms with Gasteiger partial charge in [-0.1, -0.05) is 12.1 Å². The second kappa shape index (κ2) is 18.3. The number of cyclic esters (lactones) is 2. The van der Waals surface area contributed by atoms with E-state index >= 15 is 8.78 Å². The van der Waals surface area contributed by atoms with Crippen LogP contribution < -0.4 is 9.80 Å². The maximum Gasteiger partial charge on any atom is 0.414 e. The standard InChI is InChI=1S/C38H37F2N12O10P/c1-49-45-35(43-47-49)33-9-3-22(13-41-33)29-7-5-24(11-31(29)39)51-15-27(61-37(51)54)19-58-17-26(53)18-60-63(56,57)21-59-20-28-16-52(38(55)62-28)25-6-8-30(32(40)12-25)23-4-10-34(42-14-23)36-44-48-50(2)46-36/h3-14,26-28,53H,15-21H2,1-2H3,(H,56,57)/t26?,27-,28-/m1/s1. The Morgan fingerprint density at radius 3 is 1.67 bits per heavy atom. The zero-order chi connectivity index (χ0) is 44.3. The summed E-state index contributed by atoms with van der Waals surface area (Å²) in [5, 5.41) is 33.8. The molecule has 8 rings (SSSR count). The van der Waals surface area contributed by atoms with Crippen molar-refractivity contribution in [3.63, 3.8) is 0 Å². The Kier molecular flexibility index (Phi) is 12.5. The van der Waals surface area contributed by atoms with Crippen molar-refractivity contribution in [2.24, 2.45) is 14.1 Å². The number of hydrogen-bond acceptors (Lipinski definition) is 17. The quantitative estimate of drug-likeness (QED) is 0.124. The number of hydrogen-bond donors (Lipinski definition) is 2. The molecule has 0 bridgehead atoms. The molecule has 4 atom stereocenters. The summed E-state index contributed by atoms with van der Waals surface area (Å²) in [5.41, 5.74) is 2.88. The number of aromatic nitrogens is 10. The zero-order valence-electron chi connectivity index (χ0n) is 33.3. The minimum atomic E-state index is -4.37. The van der Waals surface area contributed by atoms with Gasteiger partial charge in [0, 0.05) is 34.6 Å². The van der Waals surface area contributed by atoms with Crippen molar-refractivity contribution in [1.29, 1.82) is 0 Å². The summed E-state index contributed by atoms with van der Waals surface area (Å²) in [6.07, 6.45) is -2.26. The van der Waals surface area contributed by atoms with Gasteiger partial charge in [-0.2, -0.15) is 9.59 Å². The van der Waals surface area contributed by atoms with Crippen LogP contribution in [-0.4, -0.2) is 137 Å². The third-order valence-corrected chi connectivity index (χ3v) is 10.6. The lowest BCUT2D eigenvalue weighted by Gasteiger charge is -2.17. The first kappa shape index (κ1) is 43.0. The number of aliphatic hydroxyl groups excluding tert-OH is 1. The van der Waals surface area contributed by atoms with E-state index in [4.69, 9.17) is 23.5 Å². The Labute approximate surface area is 355 Å². The van der Waals surface area contributed by atoms with Crippen LogP contribution >= 0.6 is 7.60 Å². The molecule has 2 unspecified atom stereocenters. The van der Waals surface area contributed by atoms with Crippen LogP contribution in [0.4, 0.5) is 29.7 Å². The molecule has 2 N–H and O–H groups in total. The molecule has 328 valence electrons. The van der Waals surface area contributed by atoms with E-state index in [0.29, 0.717) is 34.2 Å². The van der Waals surface area contributed by atoms with E-state index in [1.165, 1.54) is 56.1 Å². The highest BCUT2D eigenvalue weighted by Gasteiger charge is 2.35. The second-order valence-electron chi connectivity index (χ2n) is 14.3. The SMILES string of the molecule is Cn1nnc(-c2ccc(-c3ccc(N4C[C@H](COCC(O)COP(=O)(O)COC[C@H]5CN(c6ccc(-c7ccc(-c8nnn(C)n8)nc7)c(F)c6)C(=O)O5)OC4=O)cc3F)cn2)n1. The van der Waals surface area contributed by atoms with Crippen molar-refractivity contribution in [3.05, 3.63) is 84.7 Å². The van der Waals surface area contributed by atoms with E-state index in [0.717, 1.165) is 0 Å². The predicted octanol–water partition coefficient (Wildman–Crippen LogP) is 3.37. The van der Waals surface area contributed by atoms with Gasteiger partial charge < -0.3 is 33.5 Å². The topological polar surface area (TPSA) is 257 Å². The lowest BCUT2D eigenvalue weighted by molar-refractivity contribution is -0.0173. The molecule has 2 aliphatic heterocycles. The van der Waals surface area contributed by atoms with Crippen LogP contribution in [0, 0.1) is 11.6 Å². The van der Waals surface area contributed by atoms with Crippen molar-refractivity contribution in [1.82, 2.24) is 50.4 Å². The average molecular weight is 891 g/mol. The summed E-state index contributed by atoms with van der Waals surface area (Å²) in [4.78, 5) is 49.1. The van der Waals surface area contributed by atoms with Gasteiger partial charge in [0.25, 0.3) is 0 Å². The van der Waals surface area contributed by atoms with Crippen molar-refractivity contribution in [2.75, 3.05) is 55.7 Å². The number of amides is 2. The second-order valence-corrected chi connectivity index (χ2v) is 16.0. The van der Waals surface area contributed by atoms with Crippen LogP contribution in [0.1, 0.15) is 0 Å². The van der Waals surface area contributed by atoms with Gasteiger partial charge in [-0.25, -0.2) is 18.4 Å². The summed E-state index contributed by atoms with van der Waals surface area (Å²) >= 11 is 0. The Hall–Kier alpha value is -6.69. The van der Waals surface area contributed by atoms with Gasteiger partial charge in [0.05, 0.1) is 65.0 Å². The van der Waals surface area contributed by atoms with E-state index in [1.54, 1.807) is 50.5 Å². The maximum absolute atomic E-state index is 15.2. The number of carbonyl (C=O) groups excluding carboxylic acids is 2. The van der Waals surface area contributed by atoms with E-state index in [2.05, 4.69) is 40.8 Å². The van der Waals surface area contributed by atoms with Gasteiger partial charge in [-0.05, 0) is 59.0 Å². The van der Waals surface area contributed by atoms with Gasteiger partial charge >= 0.3 is 19.8 Å². The average Bonchev–Trinajstić information content (AvgIpc) is 4.07. The third-order valence-electron chi connectivity index (χ3n) is 9.54. The monoisotopic (exact) mass is 890 g/mol. The first-order chi connectivity index (χ1) is 30.3. The molecule has 2 saturated heterocycles. The first-order valence-electron chi connectivity index (χ1n) is 19.1. The summed E-state index contributed by atoms with van der Waals surface area (Å²) < 4.78 is 69.5. The number of nitrogens with zero attached hydrogens (tertiary/aromatic N) is 12. The smallest absolute Gasteiger partial charge is 0.414 e. The fourth-order valence-corrected chi connectivity index (χ4v) is 7.33. The molecule has 2 fully saturated rings. The molecule has 25 heteroatoms. The van der Waals surface area contributed by atoms with Crippen LogP contribution in [0.25, 0.3) is 45.3 Å². The lowest BCUT2D eigenvalue weighted by atomic mass is 10.1. The number of anilines is 2. The first-order valence-corrected chi connectivity index (χ1v) is 20.8. The van der Waals surface area contributed by atoms with Crippen LogP contribution in [0.2, 0.25) is 0 Å². The molecule has 0 spiro atoms. The number of rotatable bonds is 17. The highest BCUT2D eigenvalue weighted by molar-refractivity contribution is 7.52. The fourth-order valence-electron chi connectivity index (χ4n) is 6.52. The van der Waals surface area contributed by atoms with E-state index in [1.807, 2.05) is 0 Å². The van der Waals surface area contributed by atoms with Crippen molar-refractivity contribution >= 4 is 31.2 Å². The minimum Gasteiger partial charge on any atom is -0.441 e. The number of tetrazole rings is 2. The molecule has 0 radical (unpaired) electrons. The molecule has 6 heterocycles. The highest BCUT2D eigenvalue weighted by Crippen LogP contribution is 2.42. The maximum atomic E-state index is 15.2. The predicted molar refractivity (Wildman–Crippen MR) is 213 cm³/mol. The number of aliphatic hydroxyl groups is 1. The van der Waals surface area contributed by atoms with Crippen LogP contribution in [-0.2, 0) is 42.1 Å². The molecule has 2 amide bonds. The van der Waals surface area contributed by atoms with Gasteiger partial charge in [0.1, 0.15) is 47.7 Å². The molecular formula is C38H37F2N12O10P. The van der Waals surface area contributed by atoms with Crippen LogP contribution in [0.3, 0.4) is 0 Å². The number of pyridine rings is 2. The minimum absolute atomic E-state index is 0.0269. The molecule has 63 heavy (non-hydrogen) atoms. The Bertz CT molecular complexity index is 2660. The third kappa shape index (κ3) is 10.2. The van der Waals surface area contributed by atoms with Gasteiger partial charge in [-0.3, -0.25) is 24.3 Å². The normalized spacial score (nSPS) is 17.8. The molecule has 4 aromatic heterocycles. The molecular weight excluding hydrogens is 853 g/mol. The Balaban J connectivity index is 0.736. The number of benzene rings is 2.